The van der Waals surface area contributed by atoms with Crippen LogP contribution in [0.5, 0.6) is 0 Å². The minimum Gasteiger partial charge on any atom is -0.299 e. The standard InChI is InChI=1S/C15H19F2NO/c1-2-12-10-18(9-8-14(12)19)11-15(16,17)13-6-4-3-5-7-13/h3-7,12H,2,8-11H2,1H3. The molecule has 0 bridgehead atoms. The number of carbonyl (C=O) groups excluding carboxylic acids is 1. The van der Waals surface area contributed by atoms with Gasteiger partial charge in [0.1, 0.15) is 5.78 Å². The molecule has 0 spiro atoms. The van der Waals surface area contributed by atoms with E-state index in [-0.39, 0.29) is 23.8 Å². The maximum absolute atomic E-state index is 14.1. The molecule has 0 saturated carbocycles. The lowest BCUT2D eigenvalue weighted by Gasteiger charge is -2.33. The van der Waals surface area contributed by atoms with Crippen LogP contribution in [0, 0.1) is 5.92 Å². The fourth-order valence-corrected chi connectivity index (χ4v) is 2.53. The van der Waals surface area contributed by atoms with Crippen molar-refractivity contribution in [2.45, 2.75) is 25.7 Å². The molecule has 4 heteroatoms. The fourth-order valence-electron chi connectivity index (χ4n) is 2.53. The first-order chi connectivity index (χ1) is 9.03. The average Bonchev–Trinajstić information content (AvgIpc) is 2.42. The van der Waals surface area contributed by atoms with Crippen molar-refractivity contribution in [3.05, 3.63) is 35.9 Å². The summed E-state index contributed by atoms with van der Waals surface area (Å²) in [6, 6.07) is 7.88. The molecule has 0 amide bonds. The Kier molecular flexibility index (Phi) is 4.30. The second-order valence-corrected chi connectivity index (χ2v) is 5.13. The van der Waals surface area contributed by atoms with Crippen LogP contribution in [0.25, 0.3) is 0 Å². The number of benzene rings is 1. The summed E-state index contributed by atoms with van der Waals surface area (Å²) in [6.07, 6.45) is 1.12. The summed E-state index contributed by atoms with van der Waals surface area (Å²) in [7, 11) is 0. The first-order valence-corrected chi connectivity index (χ1v) is 6.71. The SMILES string of the molecule is CCC1CN(CC(F)(F)c2ccccc2)CCC1=O. The molecule has 104 valence electrons. The minimum atomic E-state index is -2.86. The highest BCUT2D eigenvalue weighted by atomic mass is 19.3. The van der Waals surface area contributed by atoms with Crippen LogP contribution in [-0.4, -0.2) is 30.3 Å². The van der Waals surface area contributed by atoms with Gasteiger partial charge in [-0.1, -0.05) is 37.3 Å². The molecule has 1 aromatic rings. The third-order valence-electron chi connectivity index (χ3n) is 3.72. The van der Waals surface area contributed by atoms with Crippen LogP contribution < -0.4 is 0 Å². The molecule has 19 heavy (non-hydrogen) atoms. The van der Waals surface area contributed by atoms with Crippen LogP contribution in [-0.2, 0) is 10.7 Å². The van der Waals surface area contributed by atoms with Gasteiger partial charge >= 0.3 is 0 Å². The number of rotatable bonds is 4. The number of hydrogen-bond donors (Lipinski definition) is 0. The summed E-state index contributed by atoms with van der Waals surface area (Å²) in [4.78, 5) is 13.3. The van der Waals surface area contributed by atoms with Crippen LogP contribution in [0.4, 0.5) is 8.78 Å². The van der Waals surface area contributed by atoms with Crippen molar-refractivity contribution in [1.29, 1.82) is 0 Å². The highest BCUT2D eigenvalue weighted by Gasteiger charge is 2.36. The van der Waals surface area contributed by atoms with E-state index >= 15 is 0 Å². The molecule has 2 nitrogen and oxygen atoms in total. The predicted molar refractivity (Wildman–Crippen MR) is 70.2 cm³/mol. The first kappa shape index (κ1) is 14.1. The van der Waals surface area contributed by atoms with Gasteiger partial charge in [0.15, 0.2) is 0 Å². The van der Waals surface area contributed by atoms with E-state index in [0.717, 1.165) is 6.42 Å². The van der Waals surface area contributed by atoms with E-state index in [0.29, 0.717) is 19.5 Å². The Morgan fingerprint density at radius 3 is 2.63 bits per heavy atom. The minimum absolute atomic E-state index is 0.0416. The van der Waals surface area contributed by atoms with Crippen molar-refractivity contribution in [3.8, 4) is 0 Å². The van der Waals surface area contributed by atoms with Gasteiger partial charge in [0.25, 0.3) is 5.92 Å². The lowest BCUT2D eigenvalue weighted by molar-refractivity contribution is -0.128. The number of alkyl halides is 2. The zero-order valence-electron chi connectivity index (χ0n) is 11.1. The van der Waals surface area contributed by atoms with Crippen LogP contribution >= 0.6 is 0 Å². The van der Waals surface area contributed by atoms with Gasteiger partial charge in [-0.05, 0) is 6.42 Å². The van der Waals surface area contributed by atoms with Gasteiger partial charge in [0.05, 0.1) is 6.54 Å². The van der Waals surface area contributed by atoms with Crippen molar-refractivity contribution in [2.24, 2.45) is 5.92 Å². The summed E-state index contributed by atoms with van der Waals surface area (Å²) < 4.78 is 28.3. The van der Waals surface area contributed by atoms with E-state index in [1.807, 2.05) is 6.92 Å². The number of hydrogen-bond acceptors (Lipinski definition) is 2. The summed E-state index contributed by atoms with van der Waals surface area (Å²) in [5.41, 5.74) is 0.0416. The van der Waals surface area contributed by atoms with Crippen molar-refractivity contribution >= 4 is 5.78 Å². The van der Waals surface area contributed by atoms with E-state index in [1.54, 1.807) is 23.1 Å². The third-order valence-corrected chi connectivity index (χ3v) is 3.72. The Morgan fingerprint density at radius 1 is 1.32 bits per heavy atom. The van der Waals surface area contributed by atoms with Gasteiger partial charge < -0.3 is 0 Å². The van der Waals surface area contributed by atoms with Gasteiger partial charge in [0, 0.05) is 31.0 Å². The van der Waals surface area contributed by atoms with E-state index in [2.05, 4.69) is 0 Å². The van der Waals surface area contributed by atoms with Gasteiger partial charge in [0.2, 0.25) is 0 Å². The molecule has 1 fully saturated rings. The Bertz CT molecular complexity index is 433. The second kappa shape index (κ2) is 5.78. The monoisotopic (exact) mass is 267 g/mol. The average molecular weight is 267 g/mol. The third kappa shape index (κ3) is 3.38. The molecule has 2 rings (SSSR count). The number of halogens is 2. The molecule has 1 unspecified atom stereocenters. The number of carbonyl (C=O) groups is 1. The lowest BCUT2D eigenvalue weighted by Crippen LogP contribution is -2.45. The molecule has 0 N–H and O–H groups in total. The molecular weight excluding hydrogens is 248 g/mol. The molecule has 1 saturated heterocycles. The lowest BCUT2D eigenvalue weighted by atomic mass is 9.93. The normalized spacial score (nSPS) is 21.6. The Labute approximate surface area is 112 Å². The summed E-state index contributed by atoms with van der Waals surface area (Å²) in [5, 5.41) is 0. The van der Waals surface area contributed by atoms with Crippen LogP contribution in [0.1, 0.15) is 25.3 Å². The summed E-state index contributed by atoms with van der Waals surface area (Å²) in [5.74, 6) is -2.73. The molecule has 1 heterocycles. The van der Waals surface area contributed by atoms with Crippen LogP contribution in [0.2, 0.25) is 0 Å². The van der Waals surface area contributed by atoms with Gasteiger partial charge in [-0.2, -0.15) is 8.78 Å². The fraction of sp³-hybridized carbons (Fsp3) is 0.533. The molecule has 0 aromatic heterocycles. The zero-order valence-corrected chi connectivity index (χ0v) is 11.1. The first-order valence-electron chi connectivity index (χ1n) is 6.71. The number of piperidine rings is 1. The maximum atomic E-state index is 14.1. The highest BCUT2D eigenvalue weighted by Crippen LogP contribution is 2.30. The molecular formula is C15H19F2NO. The molecule has 1 aliphatic heterocycles. The Hall–Kier alpha value is -1.29. The van der Waals surface area contributed by atoms with Crippen molar-refractivity contribution in [1.82, 2.24) is 4.90 Å². The van der Waals surface area contributed by atoms with E-state index in [1.165, 1.54) is 12.1 Å². The number of ketones is 1. The summed E-state index contributed by atoms with van der Waals surface area (Å²) >= 11 is 0. The van der Waals surface area contributed by atoms with E-state index in [4.69, 9.17) is 0 Å². The number of likely N-dealkylation sites (tertiary alicyclic amines) is 1. The van der Waals surface area contributed by atoms with Crippen LogP contribution in [0.3, 0.4) is 0 Å². The van der Waals surface area contributed by atoms with Gasteiger partial charge in [-0.15, -0.1) is 0 Å². The largest absolute Gasteiger partial charge is 0.299 e. The maximum Gasteiger partial charge on any atom is 0.285 e. The number of Topliss-reactive ketones (excluding diaryl/α,β-unsaturated/α-hetero) is 1. The number of nitrogens with zero attached hydrogens (tertiary/aromatic N) is 1. The quantitative estimate of drug-likeness (QED) is 0.835. The molecule has 0 aliphatic carbocycles. The topological polar surface area (TPSA) is 20.3 Å². The summed E-state index contributed by atoms with van der Waals surface area (Å²) in [6.45, 7) is 2.53. The van der Waals surface area contributed by atoms with Gasteiger partial charge in [-0.25, -0.2) is 0 Å². The zero-order chi connectivity index (χ0) is 13.9. The highest BCUT2D eigenvalue weighted by molar-refractivity contribution is 5.82. The molecule has 1 atom stereocenters. The Balaban J connectivity index is 2.02. The predicted octanol–water partition coefficient (Wildman–Crippen LogP) is 3.08. The van der Waals surface area contributed by atoms with Crippen LogP contribution in [0.15, 0.2) is 30.3 Å². The van der Waals surface area contributed by atoms with Crippen molar-refractivity contribution < 1.29 is 13.6 Å². The molecule has 0 radical (unpaired) electrons. The van der Waals surface area contributed by atoms with Crippen molar-refractivity contribution in [2.75, 3.05) is 19.6 Å². The molecule has 1 aliphatic rings. The Morgan fingerprint density at radius 2 is 2.00 bits per heavy atom. The van der Waals surface area contributed by atoms with E-state index in [9.17, 15) is 13.6 Å². The smallest absolute Gasteiger partial charge is 0.285 e. The van der Waals surface area contributed by atoms with Gasteiger partial charge in [-0.3, -0.25) is 9.69 Å². The van der Waals surface area contributed by atoms with E-state index < -0.39 is 5.92 Å². The van der Waals surface area contributed by atoms with Crippen molar-refractivity contribution in [3.63, 3.8) is 0 Å². The molecule has 1 aromatic carbocycles. The second-order valence-electron chi connectivity index (χ2n) is 5.13.